The fraction of sp³-hybridized carbons (Fsp3) is 0.896. The van der Waals surface area contributed by atoms with Crippen LogP contribution in [0.25, 0.3) is 0 Å². The van der Waals surface area contributed by atoms with E-state index in [1.54, 1.807) is 0 Å². The van der Waals surface area contributed by atoms with Crippen molar-refractivity contribution in [3.63, 3.8) is 0 Å². The second-order valence-electron chi connectivity index (χ2n) is 16.4. The van der Waals surface area contributed by atoms with Crippen LogP contribution in [-0.2, 0) is 19.1 Å². The molecule has 0 aliphatic carbocycles. The van der Waals surface area contributed by atoms with Gasteiger partial charge in [0.15, 0.2) is 0 Å². The minimum absolute atomic E-state index is 0.0464. The SMILES string of the molecule is CCCCCCCCC/C=C\C(CCCCCCCCC(=O)NCC(=O)O)OC(=O)CCCCCCCCCCCCCCCCCCCCCCCC. The first-order valence-electron chi connectivity index (χ1n) is 23.8. The molecule has 0 aromatic heterocycles. The number of carboxylic acid groups (broad SMARTS) is 1. The Kier molecular flexibility index (Phi) is 42.4. The number of hydrogen-bond donors (Lipinski definition) is 2. The van der Waals surface area contributed by atoms with E-state index in [2.05, 4.69) is 31.3 Å². The number of rotatable bonds is 44. The molecule has 0 aliphatic heterocycles. The van der Waals surface area contributed by atoms with Gasteiger partial charge in [0, 0.05) is 12.8 Å². The summed E-state index contributed by atoms with van der Waals surface area (Å²) in [5.74, 6) is -1.25. The number of amides is 1. The maximum Gasteiger partial charge on any atom is 0.322 e. The molecule has 0 aromatic rings. The highest BCUT2D eigenvalue weighted by Crippen LogP contribution is 2.18. The summed E-state index contributed by atoms with van der Waals surface area (Å²) >= 11 is 0. The van der Waals surface area contributed by atoms with Gasteiger partial charge in [0.25, 0.3) is 0 Å². The molecule has 0 saturated heterocycles. The van der Waals surface area contributed by atoms with Crippen molar-refractivity contribution < 1.29 is 24.2 Å². The van der Waals surface area contributed by atoms with Crippen molar-refractivity contribution in [3.05, 3.63) is 12.2 Å². The molecule has 0 spiro atoms. The quantitative estimate of drug-likeness (QED) is 0.0366. The number of ether oxygens (including phenoxy) is 1. The lowest BCUT2D eigenvalue weighted by Gasteiger charge is -2.15. The van der Waals surface area contributed by atoms with Crippen molar-refractivity contribution in [2.75, 3.05) is 6.54 Å². The summed E-state index contributed by atoms with van der Waals surface area (Å²) in [5, 5.41) is 11.1. The van der Waals surface area contributed by atoms with Crippen molar-refractivity contribution in [2.45, 2.75) is 270 Å². The molecule has 54 heavy (non-hydrogen) atoms. The third-order valence-electron chi connectivity index (χ3n) is 10.9. The van der Waals surface area contributed by atoms with Crippen LogP contribution in [0, 0.1) is 0 Å². The van der Waals surface area contributed by atoms with Crippen molar-refractivity contribution >= 4 is 17.8 Å². The number of aliphatic carboxylic acids is 1. The highest BCUT2D eigenvalue weighted by molar-refractivity contribution is 5.80. The number of esters is 1. The average Bonchev–Trinajstić information content (AvgIpc) is 3.16. The molecule has 318 valence electrons. The molecular weight excluding hydrogens is 671 g/mol. The number of nitrogens with one attached hydrogen (secondary N) is 1. The smallest absolute Gasteiger partial charge is 0.322 e. The Morgan fingerprint density at radius 2 is 0.833 bits per heavy atom. The van der Waals surface area contributed by atoms with Crippen LogP contribution in [0.15, 0.2) is 12.2 Å². The molecule has 0 aromatic carbocycles. The summed E-state index contributed by atoms with van der Waals surface area (Å²) in [6.07, 6.45) is 52.3. The zero-order valence-corrected chi connectivity index (χ0v) is 36.1. The highest BCUT2D eigenvalue weighted by atomic mass is 16.5. The van der Waals surface area contributed by atoms with Crippen molar-refractivity contribution in [1.82, 2.24) is 5.32 Å². The summed E-state index contributed by atoms with van der Waals surface area (Å²) in [7, 11) is 0. The summed E-state index contributed by atoms with van der Waals surface area (Å²) < 4.78 is 5.97. The Hall–Kier alpha value is -1.85. The van der Waals surface area contributed by atoms with Crippen LogP contribution in [0.3, 0.4) is 0 Å². The van der Waals surface area contributed by atoms with E-state index < -0.39 is 5.97 Å². The fourth-order valence-electron chi connectivity index (χ4n) is 7.37. The first-order chi connectivity index (χ1) is 26.5. The summed E-state index contributed by atoms with van der Waals surface area (Å²) in [5.41, 5.74) is 0. The predicted molar refractivity (Wildman–Crippen MR) is 231 cm³/mol. The fourth-order valence-corrected chi connectivity index (χ4v) is 7.37. The predicted octanol–water partition coefficient (Wildman–Crippen LogP) is 14.9. The highest BCUT2D eigenvalue weighted by Gasteiger charge is 2.12. The van der Waals surface area contributed by atoms with Crippen LogP contribution in [0.5, 0.6) is 0 Å². The molecule has 0 heterocycles. The standard InChI is InChI=1S/C48H91NO5/c1-3-5-7-9-11-13-14-15-16-17-18-19-20-21-22-23-24-25-27-29-35-39-43-48(53)54-45(40-36-32-28-26-12-10-8-6-4-2)41-37-33-30-31-34-38-42-46(50)49-44-47(51)52/h36,40,45H,3-35,37-39,41-44H2,1-2H3,(H,49,50)(H,51,52)/b40-36-. The zero-order chi connectivity index (χ0) is 39.4. The number of carbonyl (C=O) groups excluding carboxylic acids is 2. The maximum absolute atomic E-state index is 12.7. The molecule has 1 unspecified atom stereocenters. The normalized spacial score (nSPS) is 12.0. The summed E-state index contributed by atoms with van der Waals surface area (Å²) in [6, 6.07) is 0. The van der Waals surface area contributed by atoms with Crippen LogP contribution in [0.1, 0.15) is 264 Å². The molecule has 1 amide bonds. The van der Waals surface area contributed by atoms with Gasteiger partial charge in [0.2, 0.25) is 5.91 Å². The second kappa shape index (κ2) is 43.9. The van der Waals surface area contributed by atoms with Gasteiger partial charge in [0.1, 0.15) is 12.6 Å². The molecule has 2 N–H and O–H groups in total. The Labute approximate surface area is 335 Å². The van der Waals surface area contributed by atoms with E-state index in [0.717, 1.165) is 64.2 Å². The van der Waals surface area contributed by atoms with E-state index in [0.29, 0.717) is 12.8 Å². The molecule has 0 rings (SSSR count). The molecule has 0 saturated carbocycles. The van der Waals surface area contributed by atoms with Gasteiger partial charge in [0.05, 0.1) is 0 Å². The molecule has 0 fully saturated rings. The van der Waals surface area contributed by atoms with E-state index in [4.69, 9.17) is 9.84 Å². The Balaban J connectivity index is 3.96. The largest absolute Gasteiger partial charge is 0.480 e. The van der Waals surface area contributed by atoms with Crippen LogP contribution in [-0.4, -0.2) is 35.6 Å². The minimum atomic E-state index is -1.01. The van der Waals surface area contributed by atoms with E-state index in [-0.39, 0.29) is 24.5 Å². The van der Waals surface area contributed by atoms with E-state index >= 15 is 0 Å². The summed E-state index contributed by atoms with van der Waals surface area (Å²) in [6.45, 7) is 4.24. The lowest BCUT2D eigenvalue weighted by atomic mass is 10.0. The maximum atomic E-state index is 12.7. The topological polar surface area (TPSA) is 92.7 Å². The van der Waals surface area contributed by atoms with Gasteiger partial charge in [-0.2, -0.15) is 0 Å². The number of unbranched alkanes of at least 4 members (excludes halogenated alkanes) is 33. The van der Waals surface area contributed by atoms with Crippen molar-refractivity contribution in [1.29, 1.82) is 0 Å². The number of allylic oxidation sites excluding steroid dienone is 1. The lowest BCUT2D eigenvalue weighted by molar-refractivity contribution is -0.147. The molecule has 0 aliphatic rings. The van der Waals surface area contributed by atoms with Gasteiger partial charge in [-0.15, -0.1) is 0 Å². The van der Waals surface area contributed by atoms with Crippen LogP contribution >= 0.6 is 0 Å². The average molecular weight is 762 g/mol. The van der Waals surface area contributed by atoms with Gasteiger partial charge in [-0.1, -0.05) is 219 Å². The van der Waals surface area contributed by atoms with Crippen molar-refractivity contribution in [3.8, 4) is 0 Å². The number of carboxylic acids is 1. The van der Waals surface area contributed by atoms with Gasteiger partial charge in [-0.3, -0.25) is 14.4 Å². The van der Waals surface area contributed by atoms with E-state index in [9.17, 15) is 14.4 Å². The Morgan fingerprint density at radius 3 is 1.24 bits per heavy atom. The zero-order valence-electron chi connectivity index (χ0n) is 36.1. The monoisotopic (exact) mass is 762 g/mol. The number of carbonyl (C=O) groups is 3. The molecule has 0 radical (unpaired) electrons. The van der Waals surface area contributed by atoms with E-state index in [1.165, 1.54) is 173 Å². The van der Waals surface area contributed by atoms with Crippen molar-refractivity contribution in [2.24, 2.45) is 0 Å². The molecule has 6 heteroatoms. The minimum Gasteiger partial charge on any atom is -0.480 e. The van der Waals surface area contributed by atoms with Crippen LogP contribution in [0.2, 0.25) is 0 Å². The number of hydrogen-bond acceptors (Lipinski definition) is 4. The third-order valence-corrected chi connectivity index (χ3v) is 10.9. The van der Waals surface area contributed by atoms with Gasteiger partial charge in [-0.05, 0) is 44.6 Å². The second-order valence-corrected chi connectivity index (χ2v) is 16.4. The third kappa shape index (κ3) is 42.9. The molecule has 0 bridgehead atoms. The first-order valence-corrected chi connectivity index (χ1v) is 23.8. The van der Waals surface area contributed by atoms with Crippen LogP contribution in [0.4, 0.5) is 0 Å². The molecule has 1 atom stereocenters. The van der Waals surface area contributed by atoms with Gasteiger partial charge >= 0.3 is 11.9 Å². The van der Waals surface area contributed by atoms with E-state index in [1.807, 2.05) is 0 Å². The van der Waals surface area contributed by atoms with Gasteiger partial charge < -0.3 is 15.2 Å². The molecular formula is C48H91NO5. The van der Waals surface area contributed by atoms with Crippen LogP contribution < -0.4 is 5.32 Å². The summed E-state index contributed by atoms with van der Waals surface area (Å²) in [4.78, 5) is 35.0. The Bertz CT molecular complexity index is 843. The van der Waals surface area contributed by atoms with Gasteiger partial charge in [-0.25, -0.2) is 0 Å². The lowest BCUT2D eigenvalue weighted by Crippen LogP contribution is -2.28. The Morgan fingerprint density at radius 1 is 0.481 bits per heavy atom. The molecule has 6 nitrogen and oxygen atoms in total. The first kappa shape index (κ1) is 52.2.